The molecule has 0 aliphatic rings. The largest absolute Gasteiger partial charge is 0.304 e. The van der Waals surface area contributed by atoms with Gasteiger partial charge in [-0.3, -0.25) is 0 Å². The number of hydrogen-bond acceptors (Lipinski definition) is 3. The molecule has 1 heterocycles. The molecule has 0 bridgehead atoms. The molecule has 0 saturated carbocycles. The molecule has 0 saturated heterocycles. The van der Waals surface area contributed by atoms with E-state index in [2.05, 4.69) is 40.0 Å². The first-order valence-corrected chi connectivity index (χ1v) is 5.39. The van der Waals surface area contributed by atoms with E-state index in [4.69, 9.17) is 5.90 Å². The molecule has 0 aliphatic heterocycles. The number of aryl methyl sites for hydroxylation is 1. The molecular formula is C8H12BrNOS. The average Bonchev–Trinajstić information content (AvgIpc) is 2.34. The Kier molecular flexibility index (Phi) is 3.71. The molecule has 0 spiro atoms. The van der Waals surface area contributed by atoms with Crippen molar-refractivity contribution in [1.29, 1.82) is 0 Å². The fraction of sp³-hybridized carbons (Fsp3) is 0.500. The van der Waals surface area contributed by atoms with Crippen LogP contribution in [0.1, 0.15) is 23.3 Å². The number of nitrogens with two attached hydrogens (primary N) is 1. The third kappa shape index (κ3) is 2.07. The second-order valence-corrected chi connectivity index (χ2v) is 4.54. The first-order valence-electron chi connectivity index (χ1n) is 3.72. The minimum Gasteiger partial charge on any atom is -0.304 e. The van der Waals surface area contributed by atoms with Crippen LogP contribution >= 0.6 is 27.3 Å². The molecule has 68 valence electrons. The van der Waals surface area contributed by atoms with E-state index in [1.807, 2.05) is 0 Å². The van der Waals surface area contributed by atoms with Crippen LogP contribution in [0.15, 0.2) is 9.85 Å². The zero-order valence-corrected chi connectivity index (χ0v) is 9.54. The van der Waals surface area contributed by atoms with Gasteiger partial charge in [-0.25, -0.2) is 5.90 Å². The molecule has 0 aromatic carbocycles. The Morgan fingerprint density at radius 2 is 2.42 bits per heavy atom. The zero-order chi connectivity index (χ0) is 9.14. The van der Waals surface area contributed by atoms with Crippen LogP contribution in [0.2, 0.25) is 0 Å². The van der Waals surface area contributed by atoms with Crippen LogP contribution in [0, 0.1) is 6.92 Å². The minimum absolute atomic E-state index is 0.364. The van der Waals surface area contributed by atoms with Gasteiger partial charge in [0, 0.05) is 15.3 Å². The molecule has 1 rings (SSSR count). The first-order chi connectivity index (χ1) is 5.66. The van der Waals surface area contributed by atoms with Gasteiger partial charge in [-0.15, -0.1) is 11.3 Å². The highest BCUT2D eigenvalue weighted by molar-refractivity contribution is 9.10. The van der Waals surface area contributed by atoms with Gasteiger partial charge in [-0.1, -0.05) is 6.92 Å². The normalized spacial score (nSPS) is 13.3. The third-order valence-corrected chi connectivity index (χ3v) is 4.37. The maximum atomic E-state index is 5.01. The van der Waals surface area contributed by atoms with E-state index in [0.29, 0.717) is 12.5 Å². The standard InChI is InChI=1S/C8H12BrNOS/c1-5(3-11-10)8-7(9)6(2)4-12-8/h4-5H,3,10H2,1-2H3. The molecule has 0 radical (unpaired) electrons. The molecule has 12 heavy (non-hydrogen) atoms. The molecule has 0 amide bonds. The lowest BCUT2D eigenvalue weighted by Crippen LogP contribution is -2.07. The Morgan fingerprint density at radius 1 is 1.75 bits per heavy atom. The quantitative estimate of drug-likeness (QED) is 0.837. The van der Waals surface area contributed by atoms with Gasteiger partial charge in [-0.05, 0) is 33.8 Å². The summed E-state index contributed by atoms with van der Waals surface area (Å²) in [6, 6.07) is 0. The maximum absolute atomic E-state index is 5.01. The molecule has 0 aliphatic carbocycles. The summed E-state index contributed by atoms with van der Waals surface area (Å²) in [4.78, 5) is 5.91. The summed E-state index contributed by atoms with van der Waals surface area (Å²) < 4.78 is 1.19. The van der Waals surface area contributed by atoms with E-state index >= 15 is 0 Å². The van der Waals surface area contributed by atoms with Crippen LogP contribution in [0.3, 0.4) is 0 Å². The van der Waals surface area contributed by atoms with Crippen molar-refractivity contribution in [2.45, 2.75) is 19.8 Å². The summed E-state index contributed by atoms with van der Waals surface area (Å²) in [5.41, 5.74) is 1.28. The van der Waals surface area contributed by atoms with Gasteiger partial charge in [0.05, 0.1) is 6.61 Å². The van der Waals surface area contributed by atoms with Gasteiger partial charge >= 0.3 is 0 Å². The van der Waals surface area contributed by atoms with E-state index in [0.717, 1.165) is 0 Å². The van der Waals surface area contributed by atoms with Crippen LogP contribution in [0.5, 0.6) is 0 Å². The van der Waals surface area contributed by atoms with Crippen molar-refractivity contribution in [3.8, 4) is 0 Å². The van der Waals surface area contributed by atoms with Crippen molar-refractivity contribution < 1.29 is 4.84 Å². The second kappa shape index (κ2) is 4.37. The van der Waals surface area contributed by atoms with Crippen LogP contribution in [-0.4, -0.2) is 6.61 Å². The Hall–Kier alpha value is 0.100. The second-order valence-electron chi connectivity index (χ2n) is 2.83. The topological polar surface area (TPSA) is 35.2 Å². The highest BCUT2D eigenvalue weighted by atomic mass is 79.9. The van der Waals surface area contributed by atoms with Gasteiger partial charge in [0.15, 0.2) is 0 Å². The summed E-state index contributed by atoms with van der Waals surface area (Å²) in [6.07, 6.45) is 0. The smallest absolute Gasteiger partial charge is 0.0753 e. The summed E-state index contributed by atoms with van der Waals surface area (Å²) in [5, 5.41) is 2.13. The molecule has 2 N–H and O–H groups in total. The molecule has 2 nitrogen and oxygen atoms in total. The van der Waals surface area contributed by atoms with Crippen LogP contribution < -0.4 is 5.90 Å². The average molecular weight is 250 g/mol. The van der Waals surface area contributed by atoms with Gasteiger partial charge in [0.25, 0.3) is 0 Å². The van der Waals surface area contributed by atoms with Crippen LogP contribution in [0.25, 0.3) is 0 Å². The van der Waals surface area contributed by atoms with E-state index in [1.54, 1.807) is 11.3 Å². The van der Waals surface area contributed by atoms with Gasteiger partial charge in [0.2, 0.25) is 0 Å². The zero-order valence-electron chi connectivity index (χ0n) is 7.13. The third-order valence-electron chi connectivity index (χ3n) is 1.72. The van der Waals surface area contributed by atoms with Crippen molar-refractivity contribution in [3.05, 3.63) is 20.3 Å². The van der Waals surface area contributed by atoms with Crippen LogP contribution in [0.4, 0.5) is 0 Å². The highest BCUT2D eigenvalue weighted by Crippen LogP contribution is 2.33. The monoisotopic (exact) mass is 249 g/mol. The Morgan fingerprint density at radius 3 is 2.83 bits per heavy atom. The summed E-state index contributed by atoms with van der Waals surface area (Å²) >= 11 is 5.28. The van der Waals surface area contributed by atoms with Crippen molar-refractivity contribution in [1.82, 2.24) is 0 Å². The minimum atomic E-state index is 0.364. The number of hydrogen-bond donors (Lipinski definition) is 1. The van der Waals surface area contributed by atoms with E-state index in [-0.39, 0.29) is 0 Å². The summed E-state index contributed by atoms with van der Waals surface area (Å²) in [5.74, 6) is 5.38. The van der Waals surface area contributed by atoms with Gasteiger partial charge in [-0.2, -0.15) is 0 Å². The first kappa shape index (κ1) is 10.2. The molecular weight excluding hydrogens is 238 g/mol. The maximum Gasteiger partial charge on any atom is 0.0753 e. The molecule has 1 aromatic heterocycles. The Bertz CT molecular complexity index is 262. The highest BCUT2D eigenvalue weighted by Gasteiger charge is 2.12. The molecule has 1 aromatic rings. The molecule has 1 atom stereocenters. The lowest BCUT2D eigenvalue weighted by Gasteiger charge is -2.07. The number of thiophene rings is 1. The van der Waals surface area contributed by atoms with E-state index < -0.39 is 0 Å². The summed E-state index contributed by atoms with van der Waals surface area (Å²) in [7, 11) is 0. The Labute approximate surface area is 84.8 Å². The van der Waals surface area contributed by atoms with E-state index in [9.17, 15) is 0 Å². The van der Waals surface area contributed by atoms with Gasteiger partial charge in [0.1, 0.15) is 0 Å². The van der Waals surface area contributed by atoms with E-state index in [1.165, 1.54) is 14.9 Å². The predicted molar refractivity (Wildman–Crippen MR) is 55.3 cm³/mol. The lowest BCUT2D eigenvalue weighted by atomic mass is 10.1. The SMILES string of the molecule is Cc1csc(C(C)CON)c1Br. The van der Waals surface area contributed by atoms with Crippen molar-refractivity contribution in [2.75, 3.05) is 6.61 Å². The lowest BCUT2D eigenvalue weighted by molar-refractivity contribution is 0.127. The van der Waals surface area contributed by atoms with Gasteiger partial charge < -0.3 is 4.84 Å². The van der Waals surface area contributed by atoms with Crippen molar-refractivity contribution in [3.63, 3.8) is 0 Å². The number of halogens is 1. The molecule has 0 fully saturated rings. The summed E-state index contributed by atoms with van der Waals surface area (Å²) in [6.45, 7) is 4.75. The predicted octanol–water partition coefficient (Wildman–Crippen LogP) is 2.81. The number of rotatable bonds is 3. The molecule has 1 unspecified atom stereocenters. The fourth-order valence-electron chi connectivity index (χ4n) is 1.00. The van der Waals surface area contributed by atoms with Crippen molar-refractivity contribution >= 4 is 27.3 Å². The fourth-order valence-corrected chi connectivity index (χ4v) is 2.93. The van der Waals surface area contributed by atoms with Crippen molar-refractivity contribution in [2.24, 2.45) is 5.90 Å². The van der Waals surface area contributed by atoms with Crippen LogP contribution in [-0.2, 0) is 4.84 Å². The molecule has 4 heteroatoms. The Balaban J connectivity index is 2.80.